The van der Waals surface area contributed by atoms with Crippen molar-refractivity contribution in [3.63, 3.8) is 0 Å². The summed E-state index contributed by atoms with van der Waals surface area (Å²) < 4.78 is 42.2. The van der Waals surface area contributed by atoms with Crippen molar-refractivity contribution in [2.24, 2.45) is 5.73 Å². The first-order valence-corrected chi connectivity index (χ1v) is 5.98. The van der Waals surface area contributed by atoms with Crippen LogP contribution >= 0.6 is 0 Å². The lowest BCUT2D eigenvalue weighted by molar-refractivity contribution is -0.137. The maximum Gasteiger partial charge on any atom is 0.416 e. The van der Waals surface area contributed by atoms with Crippen LogP contribution in [0, 0.1) is 0 Å². The molecular formula is C13H17F3N2O2. The number of primary amides is 1. The van der Waals surface area contributed by atoms with Crippen LogP contribution in [0.2, 0.25) is 0 Å². The van der Waals surface area contributed by atoms with Gasteiger partial charge in [-0.2, -0.15) is 13.2 Å². The van der Waals surface area contributed by atoms with E-state index in [2.05, 4.69) is 0 Å². The van der Waals surface area contributed by atoms with Crippen molar-refractivity contribution in [3.05, 3.63) is 35.4 Å². The van der Waals surface area contributed by atoms with E-state index in [0.29, 0.717) is 25.3 Å². The van der Waals surface area contributed by atoms with E-state index in [1.54, 1.807) is 4.90 Å². The predicted molar refractivity (Wildman–Crippen MR) is 67.8 cm³/mol. The molecule has 0 aliphatic carbocycles. The number of nitrogens with two attached hydrogens (primary N) is 1. The van der Waals surface area contributed by atoms with Gasteiger partial charge in [0, 0.05) is 20.2 Å². The van der Waals surface area contributed by atoms with Gasteiger partial charge in [0.1, 0.15) is 0 Å². The van der Waals surface area contributed by atoms with Gasteiger partial charge >= 0.3 is 6.18 Å². The first-order valence-electron chi connectivity index (χ1n) is 5.98. The average Bonchev–Trinajstić information content (AvgIpc) is 2.35. The summed E-state index contributed by atoms with van der Waals surface area (Å²) in [5.74, 6) is -0.493. The van der Waals surface area contributed by atoms with E-state index in [9.17, 15) is 18.0 Å². The maximum atomic E-state index is 12.4. The van der Waals surface area contributed by atoms with Crippen molar-refractivity contribution < 1.29 is 22.7 Å². The minimum atomic E-state index is -4.35. The Hall–Kier alpha value is -1.60. The zero-order valence-corrected chi connectivity index (χ0v) is 11.1. The Labute approximate surface area is 115 Å². The second kappa shape index (κ2) is 7.25. The Balaban J connectivity index is 2.70. The summed E-state index contributed by atoms with van der Waals surface area (Å²) in [5, 5.41) is 0. The van der Waals surface area contributed by atoms with Crippen LogP contribution in [0.4, 0.5) is 13.2 Å². The van der Waals surface area contributed by atoms with Gasteiger partial charge in [0.15, 0.2) is 0 Å². The molecule has 0 bridgehead atoms. The van der Waals surface area contributed by atoms with Gasteiger partial charge in [0.05, 0.1) is 18.7 Å². The number of carbonyl (C=O) groups excluding carboxylic acids is 1. The van der Waals surface area contributed by atoms with Gasteiger partial charge in [0.2, 0.25) is 5.91 Å². The highest BCUT2D eigenvalue weighted by Crippen LogP contribution is 2.29. The number of methoxy groups -OCH3 is 1. The molecular weight excluding hydrogens is 273 g/mol. The van der Waals surface area contributed by atoms with Crippen LogP contribution in [0.25, 0.3) is 0 Å². The van der Waals surface area contributed by atoms with E-state index in [1.807, 2.05) is 0 Å². The Kier molecular flexibility index (Phi) is 5.97. The molecule has 0 atom stereocenters. The normalized spacial score (nSPS) is 11.8. The Morgan fingerprint density at radius 3 is 2.35 bits per heavy atom. The third kappa shape index (κ3) is 5.58. The van der Waals surface area contributed by atoms with Crippen molar-refractivity contribution >= 4 is 5.91 Å². The van der Waals surface area contributed by atoms with Crippen LogP contribution < -0.4 is 5.73 Å². The third-order valence-corrected chi connectivity index (χ3v) is 2.68. The quantitative estimate of drug-likeness (QED) is 0.830. The third-order valence-electron chi connectivity index (χ3n) is 2.68. The molecule has 0 radical (unpaired) electrons. The molecule has 2 N–H and O–H groups in total. The molecule has 1 rings (SSSR count). The summed E-state index contributed by atoms with van der Waals surface area (Å²) >= 11 is 0. The van der Waals surface area contributed by atoms with Crippen LogP contribution in [0.15, 0.2) is 24.3 Å². The first kappa shape index (κ1) is 16.5. The van der Waals surface area contributed by atoms with Crippen LogP contribution in [-0.4, -0.2) is 37.6 Å². The van der Waals surface area contributed by atoms with Crippen molar-refractivity contribution in [3.8, 4) is 0 Å². The van der Waals surface area contributed by atoms with Gasteiger partial charge in [-0.1, -0.05) is 12.1 Å². The fraction of sp³-hybridized carbons (Fsp3) is 0.462. The number of alkyl halides is 3. The number of nitrogens with zero attached hydrogens (tertiary/aromatic N) is 1. The van der Waals surface area contributed by atoms with E-state index in [-0.39, 0.29) is 6.54 Å². The lowest BCUT2D eigenvalue weighted by Gasteiger charge is -2.20. The van der Waals surface area contributed by atoms with E-state index in [4.69, 9.17) is 10.5 Å². The Bertz CT molecular complexity index is 432. The van der Waals surface area contributed by atoms with E-state index < -0.39 is 17.6 Å². The summed E-state index contributed by atoms with van der Waals surface area (Å²) in [6, 6.07) is 4.83. The minimum Gasteiger partial charge on any atom is -0.383 e. The highest BCUT2D eigenvalue weighted by molar-refractivity contribution is 5.75. The van der Waals surface area contributed by atoms with E-state index >= 15 is 0 Å². The zero-order chi connectivity index (χ0) is 15.2. The zero-order valence-electron chi connectivity index (χ0n) is 11.1. The summed E-state index contributed by atoms with van der Waals surface area (Å²) in [4.78, 5) is 12.7. The second-order valence-corrected chi connectivity index (χ2v) is 4.36. The molecule has 1 aromatic carbocycles. The summed E-state index contributed by atoms with van der Waals surface area (Å²) in [5.41, 5.74) is 5.11. The van der Waals surface area contributed by atoms with Gasteiger partial charge in [-0.05, 0) is 17.7 Å². The fourth-order valence-corrected chi connectivity index (χ4v) is 1.71. The molecule has 0 unspecified atom stereocenters. The molecule has 0 fully saturated rings. The van der Waals surface area contributed by atoms with E-state index in [1.165, 1.54) is 19.2 Å². The standard InChI is InChI=1S/C13H17F3N2O2/c1-20-7-6-18(9-12(17)19)8-10-2-4-11(5-3-10)13(14,15)16/h2-5H,6-9H2,1H3,(H2,17,19). The van der Waals surface area contributed by atoms with Crippen LogP contribution in [0.5, 0.6) is 0 Å². The molecule has 112 valence electrons. The molecule has 1 amide bonds. The van der Waals surface area contributed by atoms with Crippen molar-refractivity contribution in [2.45, 2.75) is 12.7 Å². The van der Waals surface area contributed by atoms with E-state index in [0.717, 1.165) is 12.1 Å². The smallest absolute Gasteiger partial charge is 0.383 e. The molecule has 0 spiro atoms. The molecule has 0 heterocycles. The molecule has 0 aliphatic heterocycles. The molecule has 0 aromatic heterocycles. The second-order valence-electron chi connectivity index (χ2n) is 4.36. The highest BCUT2D eigenvalue weighted by atomic mass is 19.4. The fourth-order valence-electron chi connectivity index (χ4n) is 1.71. The van der Waals surface area contributed by atoms with Gasteiger partial charge in [-0.25, -0.2) is 0 Å². The van der Waals surface area contributed by atoms with Crippen LogP contribution in [-0.2, 0) is 22.3 Å². The monoisotopic (exact) mass is 290 g/mol. The highest BCUT2D eigenvalue weighted by Gasteiger charge is 2.29. The van der Waals surface area contributed by atoms with Gasteiger partial charge in [-0.3, -0.25) is 9.69 Å². The lowest BCUT2D eigenvalue weighted by Crippen LogP contribution is -2.35. The molecule has 1 aromatic rings. The number of carbonyl (C=O) groups is 1. The predicted octanol–water partition coefficient (Wildman–Crippen LogP) is 1.64. The number of halogens is 3. The molecule has 0 saturated carbocycles. The first-order chi connectivity index (χ1) is 9.32. The summed E-state index contributed by atoms with van der Waals surface area (Å²) in [6.07, 6.45) is -4.35. The largest absolute Gasteiger partial charge is 0.416 e. The van der Waals surface area contributed by atoms with Gasteiger partial charge < -0.3 is 10.5 Å². The molecule has 0 aliphatic rings. The van der Waals surface area contributed by atoms with Gasteiger partial charge in [-0.15, -0.1) is 0 Å². The Morgan fingerprint density at radius 2 is 1.90 bits per heavy atom. The lowest BCUT2D eigenvalue weighted by atomic mass is 10.1. The van der Waals surface area contributed by atoms with Crippen LogP contribution in [0.1, 0.15) is 11.1 Å². The number of ether oxygens (including phenoxy) is 1. The molecule has 0 saturated heterocycles. The van der Waals surface area contributed by atoms with Crippen molar-refractivity contribution in [1.29, 1.82) is 0 Å². The number of hydrogen-bond acceptors (Lipinski definition) is 3. The van der Waals surface area contributed by atoms with Gasteiger partial charge in [0.25, 0.3) is 0 Å². The molecule has 20 heavy (non-hydrogen) atoms. The SMILES string of the molecule is COCCN(CC(N)=O)Cc1ccc(C(F)(F)F)cc1. The number of rotatable bonds is 7. The molecule has 4 nitrogen and oxygen atoms in total. The van der Waals surface area contributed by atoms with Crippen molar-refractivity contribution in [1.82, 2.24) is 4.90 Å². The van der Waals surface area contributed by atoms with Crippen molar-refractivity contribution in [2.75, 3.05) is 26.8 Å². The molecule has 7 heteroatoms. The van der Waals surface area contributed by atoms with Crippen LogP contribution in [0.3, 0.4) is 0 Å². The minimum absolute atomic E-state index is 0.0321. The average molecular weight is 290 g/mol. The summed E-state index contributed by atoms with van der Waals surface area (Å²) in [6.45, 7) is 1.25. The Morgan fingerprint density at radius 1 is 1.30 bits per heavy atom. The number of benzene rings is 1. The number of amides is 1. The number of hydrogen-bond donors (Lipinski definition) is 1. The maximum absolute atomic E-state index is 12.4. The topological polar surface area (TPSA) is 55.6 Å². The summed E-state index contributed by atoms with van der Waals surface area (Å²) in [7, 11) is 1.53.